The van der Waals surface area contributed by atoms with Crippen LogP contribution in [0.1, 0.15) is 33.1 Å². The summed E-state index contributed by atoms with van der Waals surface area (Å²) in [6, 6.07) is 0. The number of hydrogen-bond donors (Lipinski definition) is 0. The van der Waals surface area contributed by atoms with Gasteiger partial charge in [-0.15, -0.1) is 0 Å². The predicted molar refractivity (Wildman–Crippen MR) is 69.0 cm³/mol. The molecule has 0 atom stereocenters. The summed E-state index contributed by atoms with van der Waals surface area (Å²) >= 11 is 0. The Hall–Kier alpha value is -0.610. The third-order valence-corrected chi connectivity index (χ3v) is 3.09. The zero-order chi connectivity index (χ0) is 12.5. The highest BCUT2D eigenvalue weighted by atomic mass is 16.5. The highest BCUT2D eigenvalue weighted by Gasteiger charge is 2.15. The van der Waals surface area contributed by atoms with Crippen molar-refractivity contribution in [3.63, 3.8) is 0 Å². The van der Waals surface area contributed by atoms with E-state index in [1.54, 1.807) is 0 Å². The van der Waals surface area contributed by atoms with Crippen LogP contribution in [0.5, 0.6) is 0 Å². The molecule has 0 aromatic carbocycles. The molecule has 0 N–H and O–H groups in total. The van der Waals surface area contributed by atoms with Crippen molar-refractivity contribution in [1.29, 1.82) is 0 Å². The van der Waals surface area contributed by atoms with Crippen molar-refractivity contribution in [2.75, 3.05) is 45.9 Å². The molecule has 1 rings (SSSR count). The number of morpholine rings is 1. The van der Waals surface area contributed by atoms with Gasteiger partial charge >= 0.3 is 0 Å². The van der Waals surface area contributed by atoms with Crippen LogP contribution >= 0.6 is 0 Å². The molecule has 4 heteroatoms. The Balaban J connectivity index is 2.25. The van der Waals surface area contributed by atoms with Gasteiger partial charge in [0.05, 0.1) is 13.2 Å². The molecule has 0 radical (unpaired) electrons. The molecule has 1 aliphatic rings. The molecule has 1 amide bonds. The molecule has 0 aliphatic carbocycles. The van der Waals surface area contributed by atoms with E-state index in [0.29, 0.717) is 12.3 Å². The van der Waals surface area contributed by atoms with E-state index in [0.717, 1.165) is 58.8 Å². The molecule has 1 aliphatic heterocycles. The van der Waals surface area contributed by atoms with E-state index in [2.05, 4.69) is 18.7 Å². The molecule has 0 aromatic heterocycles. The average Bonchev–Trinajstić information content (AvgIpc) is 2.37. The topological polar surface area (TPSA) is 32.8 Å². The minimum atomic E-state index is 0.306. The molecular formula is C13H26N2O2. The van der Waals surface area contributed by atoms with Crippen molar-refractivity contribution in [2.24, 2.45) is 0 Å². The van der Waals surface area contributed by atoms with E-state index in [-0.39, 0.29) is 0 Å². The lowest BCUT2D eigenvalue weighted by Crippen LogP contribution is -2.40. The van der Waals surface area contributed by atoms with Crippen LogP contribution in [0.25, 0.3) is 0 Å². The molecule has 4 nitrogen and oxygen atoms in total. The van der Waals surface area contributed by atoms with E-state index >= 15 is 0 Å². The third kappa shape index (κ3) is 5.50. The molecule has 0 bridgehead atoms. The highest BCUT2D eigenvalue weighted by molar-refractivity contribution is 5.76. The predicted octanol–water partition coefficient (Wildman–Crippen LogP) is 1.36. The van der Waals surface area contributed by atoms with Crippen LogP contribution in [0.4, 0.5) is 0 Å². The molecule has 17 heavy (non-hydrogen) atoms. The van der Waals surface area contributed by atoms with Crippen molar-refractivity contribution in [1.82, 2.24) is 9.80 Å². The molecule has 100 valence electrons. The molecule has 0 spiro atoms. The molecule has 1 heterocycles. The van der Waals surface area contributed by atoms with Crippen LogP contribution < -0.4 is 0 Å². The van der Waals surface area contributed by atoms with Crippen molar-refractivity contribution in [3.05, 3.63) is 0 Å². The summed E-state index contributed by atoms with van der Waals surface area (Å²) in [6.07, 6.45) is 2.74. The monoisotopic (exact) mass is 242 g/mol. The van der Waals surface area contributed by atoms with Gasteiger partial charge in [-0.3, -0.25) is 9.69 Å². The fourth-order valence-corrected chi connectivity index (χ4v) is 2.14. The Kier molecular flexibility index (Phi) is 7.21. The van der Waals surface area contributed by atoms with Crippen molar-refractivity contribution in [2.45, 2.75) is 33.1 Å². The van der Waals surface area contributed by atoms with E-state index < -0.39 is 0 Å². The Morgan fingerprint density at radius 2 is 1.76 bits per heavy atom. The van der Waals surface area contributed by atoms with Crippen LogP contribution in [-0.2, 0) is 9.53 Å². The van der Waals surface area contributed by atoms with Crippen molar-refractivity contribution in [3.8, 4) is 0 Å². The van der Waals surface area contributed by atoms with Crippen molar-refractivity contribution < 1.29 is 9.53 Å². The van der Waals surface area contributed by atoms with Gasteiger partial charge in [-0.2, -0.15) is 0 Å². The van der Waals surface area contributed by atoms with E-state index in [1.807, 2.05) is 4.90 Å². The zero-order valence-electron chi connectivity index (χ0n) is 11.3. The lowest BCUT2D eigenvalue weighted by Gasteiger charge is -2.28. The second kappa shape index (κ2) is 8.48. The summed E-state index contributed by atoms with van der Waals surface area (Å²) in [6.45, 7) is 10.5. The Labute approximate surface area is 105 Å². The Bertz CT molecular complexity index is 209. The summed E-state index contributed by atoms with van der Waals surface area (Å²) in [4.78, 5) is 16.4. The van der Waals surface area contributed by atoms with Gasteiger partial charge in [0.1, 0.15) is 0 Å². The number of ether oxygens (including phenoxy) is 1. The second-order valence-electron chi connectivity index (χ2n) is 4.58. The number of amides is 1. The Morgan fingerprint density at radius 1 is 1.18 bits per heavy atom. The van der Waals surface area contributed by atoms with Gasteiger partial charge in [0, 0.05) is 39.1 Å². The number of carbonyl (C=O) groups is 1. The van der Waals surface area contributed by atoms with Crippen LogP contribution in [0.3, 0.4) is 0 Å². The normalized spacial score (nSPS) is 17.1. The molecule has 1 saturated heterocycles. The molecule has 0 saturated carbocycles. The molecule has 0 aromatic rings. The van der Waals surface area contributed by atoms with Gasteiger partial charge in [-0.25, -0.2) is 0 Å². The first-order valence-electron chi connectivity index (χ1n) is 6.85. The van der Waals surface area contributed by atoms with Gasteiger partial charge in [0.2, 0.25) is 5.91 Å². The second-order valence-corrected chi connectivity index (χ2v) is 4.58. The molecular weight excluding hydrogens is 216 g/mol. The largest absolute Gasteiger partial charge is 0.379 e. The maximum Gasteiger partial charge on any atom is 0.223 e. The maximum atomic E-state index is 12.0. The lowest BCUT2D eigenvalue weighted by molar-refractivity contribution is -0.131. The standard InChI is InChI=1S/C13H26N2O2/c1-3-6-15(7-4-2)13(16)5-8-14-9-11-17-12-10-14/h3-12H2,1-2H3. The van der Waals surface area contributed by atoms with E-state index in [1.165, 1.54) is 0 Å². The maximum absolute atomic E-state index is 12.0. The number of nitrogens with zero attached hydrogens (tertiary/aromatic N) is 2. The summed E-state index contributed by atoms with van der Waals surface area (Å²) in [7, 11) is 0. The average molecular weight is 242 g/mol. The number of carbonyl (C=O) groups excluding carboxylic acids is 1. The van der Waals surface area contributed by atoms with E-state index in [9.17, 15) is 4.79 Å². The number of hydrogen-bond acceptors (Lipinski definition) is 3. The first kappa shape index (κ1) is 14.5. The fraction of sp³-hybridized carbons (Fsp3) is 0.923. The first-order chi connectivity index (χ1) is 8.27. The fourth-order valence-electron chi connectivity index (χ4n) is 2.14. The zero-order valence-corrected chi connectivity index (χ0v) is 11.3. The smallest absolute Gasteiger partial charge is 0.223 e. The van der Waals surface area contributed by atoms with Crippen LogP contribution in [-0.4, -0.2) is 61.6 Å². The molecule has 1 fully saturated rings. The van der Waals surface area contributed by atoms with Crippen molar-refractivity contribution >= 4 is 5.91 Å². The van der Waals surface area contributed by atoms with Gasteiger partial charge in [-0.05, 0) is 12.8 Å². The van der Waals surface area contributed by atoms with Crippen LogP contribution in [0.15, 0.2) is 0 Å². The lowest BCUT2D eigenvalue weighted by atomic mass is 10.2. The van der Waals surface area contributed by atoms with Gasteiger partial charge in [0.25, 0.3) is 0 Å². The quantitative estimate of drug-likeness (QED) is 0.676. The summed E-state index contributed by atoms with van der Waals surface area (Å²) in [5, 5.41) is 0. The third-order valence-electron chi connectivity index (χ3n) is 3.09. The summed E-state index contributed by atoms with van der Waals surface area (Å²) in [5.74, 6) is 0.306. The Morgan fingerprint density at radius 3 is 2.29 bits per heavy atom. The minimum absolute atomic E-state index is 0.306. The summed E-state index contributed by atoms with van der Waals surface area (Å²) in [5.41, 5.74) is 0. The minimum Gasteiger partial charge on any atom is -0.379 e. The van der Waals surface area contributed by atoms with Gasteiger partial charge in [-0.1, -0.05) is 13.8 Å². The molecule has 0 unspecified atom stereocenters. The van der Waals surface area contributed by atoms with Gasteiger partial charge < -0.3 is 9.64 Å². The number of rotatable bonds is 7. The highest BCUT2D eigenvalue weighted by Crippen LogP contribution is 2.02. The van der Waals surface area contributed by atoms with E-state index in [4.69, 9.17) is 4.74 Å². The van der Waals surface area contributed by atoms with Crippen LogP contribution in [0, 0.1) is 0 Å². The van der Waals surface area contributed by atoms with Crippen LogP contribution in [0.2, 0.25) is 0 Å². The van der Waals surface area contributed by atoms with Gasteiger partial charge in [0.15, 0.2) is 0 Å². The SMILES string of the molecule is CCCN(CCC)C(=O)CCN1CCOCC1. The summed E-state index contributed by atoms with van der Waals surface area (Å²) < 4.78 is 5.29. The first-order valence-corrected chi connectivity index (χ1v) is 6.85.